The molecule has 0 unspecified atom stereocenters. The summed E-state index contributed by atoms with van der Waals surface area (Å²) in [6, 6.07) is 10.9. The number of hydrogen-bond acceptors (Lipinski definition) is 5. The van der Waals surface area contributed by atoms with Crippen LogP contribution in [-0.4, -0.2) is 25.9 Å². The Labute approximate surface area is 197 Å². The Morgan fingerprint density at radius 1 is 0.667 bits per heavy atom. The lowest BCUT2D eigenvalue weighted by Gasteiger charge is -2.15. The predicted molar refractivity (Wildman–Crippen MR) is 128 cm³/mol. The molecule has 0 spiro atoms. The molecule has 2 aromatic rings. The zero-order valence-corrected chi connectivity index (χ0v) is 20.7. The molecule has 0 aliphatic rings. The highest BCUT2D eigenvalue weighted by atomic mass is 32.2. The smallest absolute Gasteiger partial charge is 0.299 e. The van der Waals surface area contributed by atoms with Crippen molar-refractivity contribution in [2.75, 3.05) is 0 Å². The molecule has 7 nitrogen and oxygen atoms in total. The van der Waals surface area contributed by atoms with Crippen molar-refractivity contribution in [2.24, 2.45) is 0 Å². The monoisotopic (exact) mass is 498 g/mol. The Morgan fingerprint density at radius 2 is 1.18 bits per heavy atom. The van der Waals surface area contributed by atoms with E-state index in [1.54, 1.807) is 30.3 Å². The lowest BCUT2D eigenvalue weighted by Crippen LogP contribution is -2.13. The van der Waals surface area contributed by atoms with E-state index in [1.807, 2.05) is 0 Å². The molecule has 0 saturated carbocycles. The molecule has 184 valence electrons. The molecule has 0 saturated heterocycles. The number of aryl methyl sites for hydroxylation is 1. The quantitative estimate of drug-likeness (QED) is 0.214. The molecule has 33 heavy (non-hydrogen) atoms. The molecule has 0 bridgehead atoms. The van der Waals surface area contributed by atoms with E-state index in [0.29, 0.717) is 6.42 Å². The van der Waals surface area contributed by atoms with E-state index < -0.39 is 30.0 Å². The fraction of sp³-hybridized carbons (Fsp3) is 0.500. The van der Waals surface area contributed by atoms with E-state index in [-0.39, 0.29) is 23.5 Å². The maximum absolute atomic E-state index is 12.1. The summed E-state index contributed by atoms with van der Waals surface area (Å²) in [6.45, 7) is 2.19. The third kappa shape index (κ3) is 9.08. The van der Waals surface area contributed by atoms with Crippen LogP contribution in [0.4, 0.5) is 0 Å². The van der Waals surface area contributed by atoms with Gasteiger partial charge in [-0.1, -0.05) is 89.0 Å². The van der Waals surface area contributed by atoms with Gasteiger partial charge in [-0.3, -0.25) is 9.11 Å². The minimum atomic E-state index is -5.01. The first kappa shape index (κ1) is 27.3. The highest BCUT2D eigenvalue weighted by Gasteiger charge is 2.31. The molecule has 2 aromatic carbocycles. The van der Waals surface area contributed by atoms with Gasteiger partial charge in [0.2, 0.25) is 0 Å². The second-order valence-corrected chi connectivity index (χ2v) is 10.9. The van der Waals surface area contributed by atoms with Gasteiger partial charge in [0.1, 0.15) is 16.4 Å². The summed E-state index contributed by atoms with van der Waals surface area (Å²) < 4.78 is 73.6. The van der Waals surface area contributed by atoms with Gasteiger partial charge in [-0.05, 0) is 36.6 Å². The third-order valence-corrected chi connectivity index (χ3v) is 7.48. The highest BCUT2D eigenvalue weighted by Crippen LogP contribution is 2.36. The molecular formula is C24H34O7S2. The first-order chi connectivity index (χ1) is 15.6. The van der Waals surface area contributed by atoms with Gasteiger partial charge in [0, 0.05) is 0 Å². The number of hydrogen-bond donors (Lipinski definition) is 2. The fourth-order valence-electron chi connectivity index (χ4n) is 3.81. The van der Waals surface area contributed by atoms with Crippen molar-refractivity contribution in [3.63, 3.8) is 0 Å². The van der Waals surface area contributed by atoms with E-state index >= 15 is 0 Å². The summed E-state index contributed by atoms with van der Waals surface area (Å²) >= 11 is 0. The van der Waals surface area contributed by atoms with E-state index in [4.69, 9.17) is 4.74 Å². The van der Waals surface area contributed by atoms with E-state index in [0.717, 1.165) is 19.3 Å². The van der Waals surface area contributed by atoms with E-state index in [2.05, 4.69) is 6.92 Å². The van der Waals surface area contributed by atoms with Crippen LogP contribution in [0.3, 0.4) is 0 Å². The summed E-state index contributed by atoms with van der Waals surface area (Å²) in [5.74, 6) is -0.116. The van der Waals surface area contributed by atoms with Gasteiger partial charge < -0.3 is 4.74 Å². The van der Waals surface area contributed by atoms with Crippen LogP contribution in [0.2, 0.25) is 0 Å². The standard InChI is InChI=1S/C24H34O7S2/c1-2-3-4-5-6-7-8-9-10-12-15-20-18-19-22(31-21-16-13-11-14-17-21)24(33(28,29)30)23(20)32(25,26)27/h11,13-14,16-19H,2-10,12,15H2,1H3,(H,25,26,27)(H,28,29,30). The van der Waals surface area contributed by atoms with Crippen LogP contribution in [-0.2, 0) is 26.7 Å². The third-order valence-electron chi connectivity index (χ3n) is 5.44. The van der Waals surface area contributed by atoms with Gasteiger partial charge >= 0.3 is 0 Å². The molecule has 0 atom stereocenters. The Bertz CT molecular complexity index is 1080. The Balaban J connectivity index is 2.12. The van der Waals surface area contributed by atoms with Crippen LogP contribution < -0.4 is 4.74 Å². The van der Waals surface area contributed by atoms with Crippen molar-refractivity contribution in [3.05, 3.63) is 48.0 Å². The van der Waals surface area contributed by atoms with Gasteiger partial charge in [0.05, 0.1) is 0 Å². The highest BCUT2D eigenvalue weighted by molar-refractivity contribution is 7.89. The lowest BCUT2D eigenvalue weighted by molar-refractivity contribution is 0.435. The topological polar surface area (TPSA) is 118 Å². The first-order valence-electron chi connectivity index (χ1n) is 11.5. The largest absolute Gasteiger partial charge is 0.456 e. The molecule has 0 heterocycles. The molecule has 0 fully saturated rings. The Hall–Kier alpha value is -1.94. The van der Waals surface area contributed by atoms with Crippen molar-refractivity contribution in [2.45, 2.75) is 87.3 Å². The lowest BCUT2D eigenvalue weighted by atomic mass is 10.0. The van der Waals surface area contributed by atoms with Crippen LogP contribution in [0, 0.1) is 0 Å². The van der Waals surface area contributed by atoms with Gasteiger partial charge in [0.25, 0.3) is 20.2 Å². The predicted octanol–water partition coefficient (Wildman–Crippen LogP) is 6.44. The molecule has 2 rings (SSSR count). The van der Waals surface area contributed by atoms with Crippen LogP contribution in [0.15, 0.2) is 52.3 Å². The van der Waals surface area contributed by atoms with Crippen LogP contribution in [0.1, 0.15) is 76.7 Å². The van der Waals surface area contributed by atoms with Crippen molar-refractivity contribution < 1.29 is 30.7 Å². The number of benzene rings is 2. The maximum Gasteiger partial charge on any atom is 0.299 e. The second-order valence-electron chi connectivity index (χ2n) is 8.18. The number of ether oxygens (including phenoxy) is 1. The van der Waals surface area contributed by atoms with Gasteiger partial charge in [0.15, 0.2) is 4.90 Å². The minimum absolute atomic E-state index is 0.130. The Kier molecular flexibility index (Phi) is 10.8. The molecular weight excluding hydrogens is 464 g/mol. The summed E-state index contributed by atoms with van der Waals surface area (Å²) in [6.07, 6.45) is 11.2. The second kappa shape index (κ2) is 13.1. The zero-order valence-electron chi connectivity index (χ0n) is 19.1. The molecule has 0 radical (unpaired) electrons. The normalized spacial score (nSPS) is 12.1. The molecule has 0 aromatic heterocycles. The SMILES string of the molecule is CCCCCCCCCCCCc1ccc(Oc2ccccc2)c(S(=O)(=O)O)c1S(=O)(=O)O. The van der Waals surface area contributed by atoms with Crippen molar-refractivity contribution in [3.8, 4) is 11.5 Å². The maximum atomic E-state index is 12.1. The van der Waals surface area contributed by atoms with E-state index in [9.17, 15) is 25.9 Å². The number of rotatable bonds is 15. The molecule has 0 aliphatic heterocycles. The van der Waals surface area contributed by atoms with Gasteiger partial charge in [-0.15, -0.1) is 0 Å². The fourth-order valence-corrected chi connectivity index (χ4v) is 6.01. The summed E-state index contributed by atoms with van der Waals surface area (Å²) in [4.78, 5) is -1.77. The minimum Gasteiger partial charge on any atom is -0.456 e. The average Bonchev–Trinajstić information content (AvgIpc) is 2.74. The van der Waals surface area contributed by atoms with Crippen molar-refractivity contribution in [1.82, 2.24) is 0 Å². The summed E-state index contributed by atoms with van der Waals surface area (Å²) in [5, 5.41) is 0. The summed E-state index contributed by atoms with van der Waals surface area (Å²) in [5.41, 5.74) is 0.130. The summed E-state index contributed by atoms with van der Waals surface area (Å²) in [7, 11) is -9.95. The van der Waals surface area contributed by atoms with Gasteiger partial charge in [-0.2, -0.15) is 16.8 Å². The first-order valence-corrected chi connectivity index (χ1v) is 14.4. The van der Waals surface area contributed by atoms with Crippen LogP contribution in [0.25, 0.3) is 0 Å². The average molecular weight is 499 g/mol. The van der Waals surface area contributed by atoms with Crippen LogP contribution in [0.5, 0.6) is 11.5 Å². The van der Waals surface area contributed by atoms with Crippen molar-refractivity contribution in [1.29, 1.82) is 0 Å². The molecule has 2 N–H and O–H groups in total. The molecule has 0 amide bonds. The Morgan fingerprint density at radius 3 is 1.70 bits per heavy atom. The van der Waals surface area contributed by atoms with E-state index in [1.165, 1.54) is 50.7 Å². The van der Waals surface area contributed by atoms with Gasteiger partial charge in [-0.25, -0.2) is 0 Å². The van der Waals surface area contributed by atoms with Crippen LogP contribution >= 0.6 is 0 Å². The molecule has 0 aliphatic carbocycles. The number of para-hydroxylation sites is 1. The number of unbranched alkanes of at least 4 members (excludes halogenated alkanes) is 9. The zero-order chi connectivity index (χ0) is 24.3. The molecule has 9 heteroatoms. The van der Waals surface area contributed by atoms with Crippen molar-refractivity contribution >= 4 is 20.2 Å².